The van der Waals surface area contributed by atoms with Crippen LogP contribution < -0.4 is 4.74 Å². The topological polar surface area (TPSA) is 50.1 Å². The van der Waals surface area contributed by atoms with Crippen LogP contribution in [0.4, 0.5) is 0 Å². The molecule has 1 aliphatic rings. The van der Waals surface area contributed by atoms with Gasteiger partial charge in [0.25, 0.3) is 5.91 Å². The number of imidazole rings is 1. The molecule has 1 amide bonds. The van der Waals surface area contributed by atoms with Crippen LogP contribution in [0.25, 0.3) is 5.65 Å². The SMILES string of the molecule is Cc1nc2c3c(c(C(=O)N(C)C)cn2c1CN(C)C)CCC(c1ccccc1)O3.I. The molecular weight excluding hydrogens is 491 g/mol. The Labute approximate surface area is 194 Å². The maximum atomic E-state index is 13.0. The first-order valence-electron chi connectivity index (χ1n) is 9.98. The Morgan fingerprint density at radius 2 is 1.90 bits per heavy atom. The number of amides is 1. The molecule has 0 saturated carbocycles. The Bertz CT molecular complexity index is 1060. The fourth-order valence-corrected chi connectivity index (χ4v) is 4.01. The number of halogens is 1. The summed E-state index contributed by atoms with van der Waals surface area (Å²) in [5.74, 6) is 0.734. The van der Waals surface area contributed by atoms with E-state index in [0.717, 1.165) is 53.3 Å². The fourth-order valence-electron chi connectivity index (χ4n) is 4.01. The zero-order valence-corrected chi connectivity index (χ0v) is 20.5. The summed E-state index contributed by atoms with van der Waals surface area (Å²) in [5.41, 5.74) is 5.64. The fraction of sp³-hybridized carbons (Fsp3) is 0.391. The van der Waals surface area contributed by atoms with Crippen LogP contribution in [0.5, 0.6) is 5.75 Å². The molecule has 0 bridgehead atoms. The number of benzene rings is 1. The van der Waals surface area contributed by atoms with Crippen molar-refractivity contribution in [2.24, 2.45) is 0 Å². The van der Waals surface area contributed by atoms with Crippen molar-refractivity contribution < 1.29 is 9.53 Å². The molecule has 0 radical (unpaired) electrons. The Balaban J connectivity index is 0.00000256. The molecule has 3 aromatic rings. The lowest BCUT2D eigenvalue weighted by Gasteiger charge is -2.29. The highest BCUT2D eigenvalue weighted by molar-refractivity contribution is 14.0. The van der Waals surface area contributed by atoms with E-state index in [1.165, 1.54) is 0 Å². The van der Waals surface area contributed by atoms with Crippen LogP contribution in [0.2, 0.25) is 0 Å². The number of pyridine rings is 1. The zero-order chi connectivity index (χ0) is 20.7. The molecule has 30 heavy (non-hydrogen) atoms. The summed E-state index contributed by atoms with van der Waals surface area (Å²) in [6.45, 7) is 2.76. The lowest BCUT2D eigenvalue weighted by atomic mass is 9.95. The van der Waals surface area contributed by atoms with Gasteiger partial charge in [0, 0.05) is 32.4 Å². The molecule has 0 N–H and O–H groups in total. The van der Waals surface area contributed by atoms with Gasteiger partial charge in [0.15, 0.2) is 11.4 Å². The molecule has 0 spiro atoms. The smallest absolute Gasteiger partial charge is 0.255 e. The van der Waals surface area contributed by atoms with Gasteiger partial charge in [0.1, 0.15) is 6.10 Å². The summed E-state index contributed by atoms with van der Waals surface area (Å²) in [6.07, 6.45) is 3.54. The van der Waals surface area contributed by atoms with Gasteiger partial charge in [-0.2, -0.15) is 0 Å². The van der Waals surface area contributed by atoms with Crippen molar-refractivity contribution in [3.63, 3.8) is 0 Å². The average Bonchev–Trinajstić information content (AvgIpc) is 3.02. The highest BCUT2D eigenvalue weighted by atomic mass is 127. The summed E-state index contributed by atoms with van der Waals surface area (Å²) < 4.78 is 8.55. The first kappa shape index (κ1) is 22.6. The normalized spacial score (nSPS) is 15.5. The lowest BCUT2D eigenvalue weighted by molar-refractivity contribution is 0.0822. The number of aromatic nitrogens is 2. The van der Waals surface area contributed by atoms with Crippen LogP contribution in [0, 0.1) is 6.92 Å². The number of rotatable bonds is 4. The van der Waals surface area contributed by atoms with Crippen LogP contribution in [0.3, 0.4) is 0 Å². The van der Waals surface area contributed by atoms with E-state index in [-0.39, 0.29) is 36.0 Å². The van der Waals surface area contributed by atoms with Gasteiger partial charge in [-0.05, 0) is 39.4 Å². The van der Waals surface area contributed by atoms with Crippen LogP contribution >= 0.6 is 24.0 Å². The van der Waals surface area contributed by atoms with E-state index in [0.29, 0.717) is 5.56 Å². The summed E-state index contributed by atoms with van der Waals surface area (Å²) in [6, 6.07) is 10.3. The van der Waals surface area contributed by atoms with Crippen molar-refractivity contribution in [3.05, 3.63) is 64.6 Å². The molecule has 4 rings (SSSR count). The molecule has 7 heteroatoms. The molecule has 0 fully saturated rings. The first-order valence-corrected chi connectivity index (χ1v) is 9.98. The van der Waals surface area contributed by atoms with Crippen LogP contribution in [-0.2, 0) is 13.0 Å². The van der Waals surface area contributed by atoms with Crippen molar-refractivity contribution in [2.45, 2.75) is 32.4 Å². The second kappa shape index (κ2) is 8.93. The number of hydrogen-bond donors (Lipinski definition) is 0. The van der Waals surface area contributed by atoms with E-state index in [9.17, 15) is 4.79 Å². The molecule has 0 saturated heterocycles. The lowest BCUT2D eigenvalue weighted by Crippen LogP contribution is -2.26. The molecular formula is C23H29IN4O2. The highest BCUT2D eigenvalue weighted by Crippen LogP contribution is 2.40. The van der Waals surface area contributed by atoms with E-state index in [1.807, 2.05) is 49.8 Å². The van der Waals surface area contributed by atoms with Gasteiger partial charge in [-0.3, -0.25) is 9.20 Å². The van der Waals surface area contributed by atoms with E-state index in [1.54, 1.807) is 19.0 Å². The molecule has 2 aromatic heterocycles. The molecule has 0 aliphatic carbocycles. The molecule has 3 heterocycles. The Hall–Kier alpha value is -2.13. The predicted octanol–water partition coefficient (Wildman–Crippen LogP) is 4.09. The van der Waals surface area contributed by atoms with E-state index < -0.39 is 0 Å². The number of carbonyl (C=O) groups excluding carboxylic acids is 1. The molecule has 1 aromatic carbocycles. The number of ether oxygens (including phenoxy) is 1. The standard InChI is InChI=1S/C23H28N4O2.HI/c1-15-19(14-25(2)3)27-13-18(23(28)26(4)5)17-11-12-20(16-9-7-6-8-10-16)29-21(17)22(27)24-15;/h6-10,13,20H,11-12,14H2,1-5H3;1H. The van der Waals surface area contributed by atoms with Crippen molar-refractivity contribution >= 4 is 35.5 Å². The minimum absolute atomic E-state index is 0. The predicted molar refractivity (Wildman–Crippen MR) is 129 cm³/mol. The molecule has 1 unspecified atom stereocenters. The van der Waals surface area contributed by atoms with Gasteiger partial charge >= 0.3 is 0 Å². The minimum atomic E-state index is -0.0356. The van der Waals surface area contributed by atoms with Crippen molar-refractivity contribution in [1.29, 1.82) is 0 Å². The van der Waals surface area contributed by atoms with Gasteiger partial charge in [0.05, 0.1) is 17.0 Å². The first-order chi connectivity index (χ1) is 13.9. The van der Waals surface area contributed by atoms with Crippen molar-refractivity contribution in [2.75, 3.05) is 28.2 Å². The highest BCUT2D eigenvalue weighted by Gasteiger charge is 2.30. The number of fused-ring (bicyclic) bond motifs is 3. The zero-order valence-electron chi connectivity index (χ0n) is 18.2. The number of aryl methyl sites for hydroxylation is 1. The van der Waals surface area contributed by atoms with Crippen molar-refractivity contribution in [1.82, 2.24) is 19.2 Å². The third-order valence-electron chi connectivity index (χ3n) is 5.46. The van der Waals surface area contributed by atoms with Gasteiger partial charge in [-0.15, -0.1) is 24.0 Å². The molecule has 1 atom stereocenters. The number of hydrogen-bond acceptors (Lipinski definition) is 4. The Morgan fingerprint density at radius 1 is 1.20 bits per heavy atom. The second-order valence-electron chi connectivity index (χ2n) is 8.18. The summed E-state index contributed by atoms with van der Waals surface area (Å²) >= 11 is 0. The molecule has 1 aliphatic heterocycles. The van der Waals surface area contributed by atoms with E-state index >= 15 is 0 Å². The van der Waals surface area contributed by atoms with Crippen LogP contribution in [0.15, 0.2) is 36.5 Å². The third kappa shape index (κ3) is 4.05. The monoisotopic (exact) mass is 520 g/mol. The number of nitrogens with zero attached hydrogens (tertiary/aromatic N) is 4. The van der Waals surface area contributed by atoms with Crippen LogP contribution in [-0.4, -0.2) is 53.3 Å². The third-order valence-corrected chi connectivity index (χ3v) is 5.46. The van der Waals surface area contributed by atoms with Crippen molar-refractivity contribution in [3.8, 4) is 5.75 Å². The Morgan fingerprint density at radius 3 is 2.53 bits per heavy atom. The molecule has 6 nitrogen and oxygen atoms in total. The minimum Gasteiger partial charge on any atom is -0.481 e. The Kier molecular flexibility index (Phi) is 6.71. The van der Waals surface area contributed by atoms with Crippen LogP contribution in [0.1, 0.15) is 45.4 Å². The van der Waals surface area contributed by atoms with E-state index in [4.69, 9.17) is 9.72 Å². The van der Waals surface area contributed by atoms with Gasteiger partial charge in [0.2, 0.25) is 0 Å². The summed E-state index contributed by atoms with van der Waals surface area (Å²) in [4.78, 5) is 21.6. The van der Waals surface area contributed by atoms with Gasteiger partial charge in [-0.1, -0.05) is 30.3 Å². The molecule has 160 valence electrons. The number of carbonyl (C=O) groups is 1. The maximum absolute atomic E-state index is 13.0. The quantitative estimate of drug-likeness (QED) is 0.487. The van der Waals surface area contributed by atoms with Gasteiger partial charge < -0.3 is 14.5 Å². The second-order valence-corrected chi connectivity index (χ2v) is 8.18. The van der Waals surface area contributed by atoms with E-state index in [2.05, 4.69) is 17.0 Å². The summed E-state index contributed by atoms with van der Waals surface area (Å²) in [5, 5.41) is 0. The van der Waals surface area contributed by atoms with Gasteiger partial charge in [-0.25, -0.2) is 4.98 Å². The average molecular weight is 520 g/mol. The maximum Gasteiger partial charge on any atom is 0.255 e. The largest absolute Gasteiger partial charge is 0.481 e. The summed E-state index contributed by atoms with van der Waals surface area (Å²) in [7, 11) is 7.64.